The summed E-state index contributed by atoms with van der Waals surface area (Å²) in [6.45, 7) is 3.60. The SMILES string of the molecule is CCNC(=O)NC(=O)C(C)OC(=O)c1cc2c(s1)CCCC2. The first-order valence-electron chi connectivity index (χ1n) is 7.42. The minimum atomic E-state index is -1.02. The molecule has 0 fully saturated rings. The van der Waals surface area contributed by atoms with Crippen LogP contribution in [0.5, 0.6) is 0 Å². The molecule has 22 heavy (non-hydrogen) atoms. The number of imide groups is 1. The summed E-state index contributed by atoms with van der Waals surface area (Å²) in [5.74, 6) is -1.15. The van der Waals surface area contributed by atoms with Crippen LogP contribution in [-0.4, -0.2) is 30.6 Å². The molecule has 1 aliphatic carbocycles. The number of carbonyl (C=O) groups is 3. The third-order valence-corrected chi connectivity index (χ3v) is 4.64. The highest BCUT2D eigenvalue weighted by molar-refractivity contribution is 7.14. The Bertz CT molecular complexity index is 559. The summed E-state index contributed by atoms with van der Waals surface area (Å²) in [7, 11) is 0. The third-order valence-electron chi connectivity index (χ3n) is 3.42. The molecule has 1 heterocycles. The first-order valence-corrected chi connectivity index (χ1v) is 8.24. The molecule has 2 rings (SSSR count). The number of nitrogens with one attached hydrogen (secondary N) is 2. The summed E-state index contributed by atoms with van der Waals surface area (Å²) >= 11 is 1.43. The summed E-state index contributed by atoms with van der Waals surface area (Å²) in [6, 6.07) is 1.26. The minimum absolute atomic E-state index is 0.411. The lowest BCUT2D eigenvalue weighted by Gasteiger charge is -2.12. The fourth-order valence-electron chi connectivity index (χ4n) is 2.28. The topological polar surface area (TPSA) is 84.5 Å². The summed E-state index contributed by atoms with van der Waals surface area (Å²) in [6.07, 6.45) is 3.26. The van der Waals surface area contributed by atoms with Crippen molar-refractivity contribution in [1.29, 1.82) is 0 Å². The molecule has 1 aromatic heterocycles. The molecule has 0 radical (unpaired) electrons. The first-order chi connectivity index (χ1) is 10.5. The van der Waals surface area contributed by atoms with Gasteiger partial charge in [0.25, 0.3) is 5.91 Å². The van der Waals surface area contributed by atoms with Gasteiger partial charge in [-0.25, -0.2) is 9.59 Å². The molecule has 2 N–H and O–H groups in total. The zero-order valence-corrected chi connectivity index (χ0v) is 13.5. The largest absolute Gasteiger partial charge is 0.448 e. The Hall–Kier alpha value is -1.89. The van der Waals surface area contributed by atoms with Crippen LogP contribution in [0.1, 0.15) is 46.8 Å². The number of rotatable bonds is 4. The maximum atomic E-state index is 12.1. The quantitative estimate of drug-likeness (QED) is 0.830. The molecule has 0 bridgehead atoms. The van der Waals surface area contributed by atoms with Crippen LogP contribution in [0, 0.1) is 0 Å². The van der Waals surface area contributed by atoms with Crippen molar-refractivity contribution < 1.29 is 19.1 Å². The zero-order chi connectivity index (χ0) is 16.1. The number of esters is 1. The second kappa shape index (κ2) is 7.40. The molecule has 1 unspecified atom stereocenters. The molecule has 1 aliphatic rings. The molecule has 1 aromatic rings. The average molecular weight is 324 g/mol. The van der Waals surface area contributed by atoms with Gasteiger partial charge in [-0.2, -0.15) is 0 Å². The van der Waals surface area contributed by atoms with E-state index in [0.717, 1.165) is 25.7 Å². The zero-order valence-electron chi connectivity index (χ0n) is 12.7. The van der Waals surface area contributed by atoms with E-state index in [1.807, 2.05) is 6.07 Å². The number of hydrogen-bond donors (Lipinski definition) is 2. The van der Waals surface area contributed by atoms with Crippen LogP contribution >= 0.6 is 11.3 Å². The van der Waals surface area contributed by atoms with Crippen molar-refractivity contribution in [2.75, 3.05) is 6.54 Å². The van der Waals surface area contributed by atoms with Gasteiger partial charge in [0, 0.05) is 11.4 Å². The van der Waals surface area contributed by atoms with Gasteiger partial charge in [-0.3, -0.25) is 10.1 Å². The number of hydrogen-bond acceptors (Lipinski definition) is 5. The molecule has 120 valence electrons. The van der Waals surface area contributed by atoms with E-state index in [2.05, 4.69) is 10.6 Å². The standard InChI is InChI=1S/C15H20N2O4S/c1-3-16-15(20)17-13(18)9(2)21-14(19)12-8-10-6-4-5-7-11(10)22-12/h8-9H,3-7H2,1-2H3,(H2,16,17,18,20). The Morgan fingerprint density at radius 3 is 2.73 bits per heavy atom. The highest BCUT2D eigenvalue weighted by Gasteiger charge is 2.23. The van der Waals surface area contributed by atoms with Gasteiger partial charge in [0.05, 0.1) is 0 Å². The number of thiophene rings is 1. The Kier molecular flexibility index (Phi) is 5.54. The molecule has 0 spiro atoms. The lowest BCUT2D eigenvalue weighted by atomic mass is 9.99. The summed E-state index contributed by atoms with van der Waals surface area (Å²) in [4.78, 5) is 36.9. The highest BCUT2D eigenvalue weighted by Crippen LogP contribution is 2.30. The van der Waals surface area contributed by atoms with E-state index in [9.17, 15) is 14.4 Å². The van der Waals surface area contributed by atoms with E-state index < -0.39 is 24.0 Å². The summed E-state index contributed by atoms with van der Waals surface area (Å²) < 4.78 is 5.13. The fraction of sp³-hybridized carbons (Fsp3) is 0.533. The van der Waals surface area contributed by atoms with Gasteiger partial charge in [-0.05, 0) is 51.2 Å². The normalized spacial score (nSPS) is 14.6. The molecule has 1 atom stereocenters. The van der Waals surface area contributed by atoms with Crippen LogP contribution in [0.4, 0.5) is 4.79 Å². The predicted molar refractivity (Wildman–Crippen MR) is 83.1 cm³/mol. The van der Waals surface area contributed by atoms with Gasteiger partial charge >= 0.3 is 12.0 Å². The van der Waals surface area contributed by atoms with Crippen LogP contribution in [0.25, 0.3) is 0 Å². The predicted octanol–water partition coefficient (Wildman–Crippen LogP) is 2.02. The molecule has 0 saturated heterocycles. The van der Waals surface area contributed by atoms with Crippen molar-refractivity contribution in [2.24, 2.45) is 0 Å². The van der Waals surface area contributed by atoms with E-state index in [4.69, 9.17) is 4.74 Å². The second-order valence-corrected chi connectivity index (χ2v) is 6.30. The van der Waals surface area contributed by atoms with Gasteiger partial charge in [-0.1, -0.05) is 0 Å². The second-order valence-electron chi connectivity index (χ2n) is 5.16. The molecular weight excluding hydrogens is 304 g/mol. The average Bonchev–Trinajstić information content (AvgIpc) is 2.91. The van der Waals surface area contributed by atoms with Crippen molar-refractivity contribution in [3.8, 4) is 0 Å². The van der Waals surface area contributed by atoms with Gasteiger partial charge in [0.15, 0.2) is 6.10 Å². The number of amides is 3. The van der Waals surface area contributed by atoms with Gasteiger partial charge in [0.2, 0.25) is 0 Å². The Balaban J connectivity index is 1.92. The van der Waals surface area contributed by atoms with E-state index in [1.54, 1.807) is 6.92 Å². The van der Waals surface area contributed by atoms with Crippen molar-refractivity contribution >= 4 is 29.2 Å². The third kappa shape index (κ3) is 4.07. The van der Waals surface area contributed by atoms with Crippen molar-refractivity contribution in [3.05, 3.63) is 21.4 Å². The van der Waals surface area contributed by atoms with E-state index in [-0.39, 0.29) is 0 Å². The monoisotopic (exact) mass is 324 g/mol. The highest BCUT2D eigenvalue weighted by atomic mass is 32.1. The molecule has 6 nitrogen and oxygen atoms in total. The minimum Gasteiger partial charge on any atom is -0.448 e. The molecule has 7 heteroatoms. The lowest BCUT2D eigenvalue weighted by Crippen LogP contribution is -2.44. The number of carbonyl (C=O) groups excluding carboxylic acids is 3. The van der Waals surface area contributed by atoms with Gasteiger partial charge in [0.1, 0.15) is 4.88 Å². The Morgan fingerprint density at radius 1 is 1.32 bits per heavy atom. The molecule has 0 aliphatic heterocycles. The van der Waals surface area contributed by atoms with E-state index in [1.165, 1.54) is 28.7 Å². The Morgan fingerprint density at radius 2 is 2.05 bits per heavy atom. The maximum Gasteiger partial charge on any atom is 0.349 e. The molecule has 0 saturated carbocycles. The lowest BCUT2D eigenvalue weighted by molar-refractivity contribution is -0.127. The van der Waals surface area contributed by atoms with Crippen LogP contribution in [-0.2, 0) is 22.4 Å². The van der Waals surface area contributed by atoms with Crippen molar-refractivity contribution in [2.45, 2.75) is 45.6 Å². The van der Waals surface area contributed by atoms with E-state index >= 15 is 0 Å². The number of urea groups is 1. The number of fused-ring (bicyclic) bond motifs is 1. The summed E-state index contributed by atoms with van der Waals surface area (Å²) in [5.41, 5.74) is 1.21. The molecule has 0 aromatic carbocycles. The van der Waals surface area contributed by atoms with Crippen LogP contribution in [0.15, 0.2) is 6.07 Å². The van der Waals surface area contributed by atoms with Crippen molar-refractivity contribution in [3.63, 3.8) is 0 Å². The van der Waals surface area contributed by atoms with Crippen LogP contribution in [0.2, 0.25) is 0 Å². The number of aryl methyl sites for hydroxylation is 2. The van der Waals surface area contributed by atoms with Crippen LogP contribution < -0.4 is 10.6 Å². The summed E-state index contributed by atoms with van der Waals surface area (Å²) in [5, 5.41) is 4.56. The van der Waals surface area contributed by atoms with Gasteiger partial charge in [-0.15, -0.1) is 11.3 Å². The molecular formula is C15H20N2O4S. The van der Waals surface area contributed by atoms with Crippen molar-refractivity contribution in [1.82, 2.24) is 10.6 Å². The van der Waals surface area contributed by atoms with E-state index in [0.29, 0.717) is 11.4 Å². The molecule has 3 amide bonds. The van der Waals surface area contributed by atoms with Gasteiger partial charge < -0.3 is 10.1 Å². The Labute approximate surface area is 133 Å². The fourth-order valence-corrected chi connectivity index (χ4v) is 3.42. The first kappa shape index (κ1) is 16.5. The smallest absolute Gasteiger partial charge is 0.349 e. The van der Waals surface area contributed by atoms with Crippen LogP contribution in [0.3, 0.4) is 0 Å². The number of ether oxygens (including phenoxy) is 1. The maximum absolute atomic E-state index is 12.1.